The number of benzene rings is 2. The van der Waals surface area contributed by atoms with Crippen LogP contribution >= 0.6 is 0 Å². The maximum Gasteiger partial charge on any atom is 0.142 e. The average molecular weight is 351 g/mol. The lowest BCUT2D eigenvalue weighted by atomic mass is 9.67. The molecule has 4 unspecified atom stereocenters. The molecular formula is C22H25NO3. The molecule has 1 saturated carbocycles. The van der Waals surface area contributed by atoms with Crippen LogP contribution in [0.1, 0.15) is 42.5 Å². The van der Waals surface area contributed by atoms with Crippen LogP contribution in [0.4, 0.5) is 0 Å². The van der Waals surface area contributed by atoms with Crippen molar-refractivity contribution in [3.05, 3.63) is 59.7 Å². The van der Waals surface area contributed by atoms with Gasteiger partial charge in [0, 0.05) is 35.0 Å². The summed E-state index contributed by atoms with van der Waals surface area (Å²) in [5, 5.41) is 3.79. The molecule has 4 nitrogen and oxygen atoms in total. The minimum absolute atomic E-state index is 0.0102. The van der Waals surface area contributed by atoms with Crippen molar-refractivity contribution in [2.75, 3.05) is 14.2 Å². The van der Waals surface area contributed by atoms with Gasteiger partial charge in [0.05, 0.1) is 14.2 Å². The summed E-state index contributed by atoms with van der Waals surface area (Å²) in [4.78, 5) is 13.3. The number of ether oxygens (including phenoxy) is 2. The van der Waals surface area contributed by atoms with Gasteiger partial charge in [0.15, 0.2) is 0 Å². The summed E-state index contributed by atoms with van der Waals surface area (Å²) in [6.45, 7) is 0. The lowest BCUT2D eigenvalue weighted by Crippen LogP contribution is -2.50. The molecule has 4 rings (SSSR count). The van der Waals surface area contributed by atoms with Crippen LogP contribution in [0.5, 0.6) is 11.5 Å². The molecule has 1 aliphatic heterocycles. The molecule has 4 heteroatoms. The first kappa shape index (κ1) is 17.1. The predicted molar refractivity (Wildman–Crippen MR) is 100 cm³/mol. The second kappa shape index (κ2) is 7.12. The quantitative estimate of drug-likeness (QED) is 0.902. The van der Waals surface area contributed by atoms with Gasteiger partial charge in [-0.2, -0.15) is 0 Å². The van der Waals surface area contributed by atoms with E-state index in [4.69, 9.17) is 9.47 Å². The Morgan fingerprint density at radius 3 is 1.73 bits per heavy atom. The highest BCUT2D eigenvalue weighted by Crippen LogP contribution is 2.48. The van der Waals surface area contributed by atoms with Gasteiger partial charge in [0.2, 0.25) is 0 Å². The number of rotatable bonds is 4. The number of carbonyl (C=O) groups excluding carboxylic acids is 1. The molecular weight excluding hydrogens is 326 g/mol. The number of ketones is 1. The number of Topliss-reactive ketones (excluding diaryl/α,β-unsaturated/α-hetero) is 1. The van der Waals surface area contributed by atoms with Crippen LogP contribution in [0.2, 0.25) is 0 Å². The molecule has 2 bridgehead atoms. The summed E-state index contributed by atoms with van der Waals surface area (Å²) < 4.78 is 11.2. The van der Waals surface area contributed by atoms with Crippen LogP contribution in [-0.2, 0) is 4.79 Å². The number of hydrogen-bond acceptors (Lipinski definition) is 4. The fraction of sp³-hybridized carbons (Fsp3) is 0.409. The van der Waals surface area contributed by atoms with E-state index in [1.54, 1.807) is 14.2 Å². The number of carbonyl (C=O) groups is 1. The number of para-hydroxylation sites is 2. The Bertz CT molecular complexity index is 740. The Labute approximate surface area is 154 Å². The fourth-order valence-electron chi connectivity index (χ4n) is 4.66. The van der Waals surface area contributed by atoms with Crippen molar-refractivity contribution >= 4 is 5.78 Å². The van der Waals surface area contributed by atoms with Gasteiger partial charge in [-0.1, -0.05) is 42.8 Å². The van der Waals surface area contributed by atoms with Crippen LogP contribution in [-0.4, -0.2) is 20.0 Å². The molecule has 1 saturated heterocycles. The Morgan fingerprint density at radius 1 is 0.808 bits per heavy atom. The molecule has 2 aromatic carbocycles. The number of piperidine rings is 1. The highest BCUT2D eigenvalue weighted by molar-refractivity contribution is 5.87. The SMILES string of the molecule is COc1ccccc1C1NC(c2ccccc2OC)C2CCCC1C2=O. The van der Waals surface area contributed by atoms with Crippen molar-refractivity contribution in [2.45, 2.75) is 31.3 Å². The third kappa shape index (κ3) is 2.78. The maximum atomic E-state index is 13.3. The van der Waals surface area contributed by atoms with E-state index >= 15 is 0 Å². The predicted octanol–water partition coefficient (Wildman–Crippen LogP) is 4.07. The fourth-order valence-corrected chi connectivity index (χ4v) is 4.66. The third-order valence-electron chi connectivity index (χ3n) is 5.87. The lowest BCUT2D eigenvalue weighted by Gasteiger charge is -2.45. The molecule has 2 aromatic rings. The van der Waals surface area contributed by atoms with Gasteiger partial charge in [-0.05, 0) is 25.0 Å². The zero-order valence-corrected chi connectivity index (χ0v) is 15.3. The van der Waals surface area contributed by atoms with Gasteiger partial charge in [-0.25, -0.2) is 0 Å². The standard InChI is InChI=1S/C22H25NO3/c1-25-18-12-5-3-8-14(18)20-16-10-7-11-17(22(16)24)21(23-20)15-9-4-6-13-19(15)26-2/h3-6,8-9,12-13,16-17,20-21,23H,7,10-11H2,1-2H3. The van der Waals surface area contributed by atoms with Gasteiger partial charge in [0.25, 0.3) is 0 Å². The number of methoxy groups -OCH3 is 2. The minimum Gasteiger partial charge on any atom is -0.496 e. The van der Waals surface area contributed by atoms with E-state index in [-0.39, 0.29) is 23.9 Å². The minimum atomic E-state index is -0.0369. The molecule has 1 N–H and O–H groups in total. The van der Waals surface area contributed by atoms with E-state index in [0.29, 0.717) is 5.78 Å². The van der Waals surface area contributed by atoms with Crippen molar-refractivity contribution in [1.82, 2.24) is 5.32 Å². The van der Waals surface area contributed by atoms with Crippen molar-refractivity contribution in [1.29, 1.82) is 0 Å². The molecule has 2 aliphatic rings. The van der Waals surface area contributed by atoms with Gasteiger partial charge in [-0.3, -0.25) is 4.79 Å². The first-order chi connectivity index (χ1) is 12.7. The van der Waals surface area contributed by atoms with E-state index < -0.39 is 0 Å². The van der Waals surface area contributed by atoms with E-state index in [0.717, 1.165) is 41.9 Å². The van der Waals surface area contributed by atoms with Crippen molar-refractivity contribution in [3.8, 4) is 11.5 Å². The van der Waals surface area contributed by atoms with E-state index in [9.17, 15) is 4.79 Å². The summed E-state index contributed by atoms with van der Waals surface area (Å²) in [7, 11) is 3.37. The first-order valence-electron chi connectivity index (χ1n) is 9.30. The van der Waals surface area contributed by atoms with E-state index in [1.807, 2.05) is 36.4 Å². The molecule has 0 spiro atoms. The largest absolute Gasteiger partial charge is 0.496 e. The van der Waals surface area contributed by atoms with Crippen molar-refractivity contribution < 1.29 is 14.3 Å². The Morgan fingerprint density at radius 2 is 1.27 bits per heavy atom. The van der Waals surface area contributed by atoms with Crippen LogP contribution in [0.25, 0.3) is 0 Å². The van der Waals surface area contributed by atoms with Crippen molar-refractivity contribution in [3.63, 3.8) is 0 Å². The van der Waals surface area contributed by atoms with Crippen LogP contribution in [0, 0.1) is 11.8 Å². The first-order valence-corrected chi connectivity index (χ1v) is 9.30. The molecule has 2 fully saturated rings. The molecule has 0 amide bonds. The molecule has 1 heterocycles. The molecule has 136 valence electrons. The van der Waals surface area contributed by atoms with E-state index in [1.165, 1.54) is 0 Å². The number of nitrogens with one attached hydrogen (secondary N) is 1. The summed E-state index contributed by atoms with van der Waals surface area (Å²) in [6.07, 6.45) is 2.95. The molecule has 4 atom stereocenters. The Balaban J connectivity index is 1.78. The zero-order valence-electron chi connectivity index (χ0n) is 15.3. The smallest absolute Gasteiger partial charge is 0.142 e. The molecule has 1 aliphatic carbocycles. The molecule has 26 heavy (non-hydrogen) atoms. The van der Waals surface area contributed by atoms with Gasteiger partial charge < -0.3 is 14.8 Å². The van der Waals surface area contributed by atoms with Crippen LogP contribution < -0.4 is 14.8 Å². The van der Waals surface area contributed by atoms with E-state index in [2.05, 4.69) is 17.4 Å². The van der Waals surface area contributed by atoms with Crippen LogP contribution in [0.15, 0.2) is 48.5 Å². The van der Waals surface area contributed by atoms with Crippen molar-refractivity contribution in [2.24, 2.45) is 11.8 Å². The Kier molecular flexibility index (Phi) is 4.68. The summed E-state index contributed by atoms with van der Waals surface area (Å²) in [5.41, 5.74) is 2.13. The normalized spacial score (nSPS) is 27.8. The summed E-state index contributed by atoms with van der Waals surface area (Å²) in [5.74, 6) is 2.06. The highest BCUT2D eigenvalue weighted by atomic mass is 16.5. The number of fused-ring (bicyclic) bond motifs is 2. The lowest BCUT2D eigenvalue weighted by molar-refractivity contribution is -0.135. The third-order valence-corrected chi connectivity index (χ3v) is 5.87. The topological polar surface area (TPSA) is 47.6 Å². The second-order valence-electron chi connectivity index (χ2n) is 7.15. The van der Waals surface area contributed by atoms with Gasteiger partial charge in [0.1, 0.15) is 17.3 Å². The average Bonchev–Trinajstić information content (AvgIpc) is 2.68. The summed E-state index contributed by atoms with van der Waals surface area (Å²) >= 11 is 0. The van der Waals surface area contributed by atoms with Gasteiger partial charge in [-0.15, -0.1) is 0 Å². The number of hydrogen-bond donors (Lipinski definition) is 1. The monoisotopic (exact) mass is 351 g/mol. The molecule has 0 radical (unpaired) electrons. The highest BCUT2D eigenvalue weighted by Gasteiger charge is 2.47. The van der Waals surface area contributed by atoms with Gasteiger partial charge >= 0.3 is 0 Å². The summed E-state index contributed by atoms with van der Waals surface area (Å²) in [6, 6.07) is 15.9. The Hall–Kier alpha value is -2.33. The zero-order chi connectivity index (χ0) is 18.1. The van der Waals surface area contributed by atoms with Crippen LogP contribution in [0.3, 0.4) is 0 Å². The molecule has 0 aromatic heterocycles. The second-order valence-corrected chi connectivity index (χ2v) is 7.15. The maximum absolute atomic E-state index is 13.3.